The second kappa shape index (κ2) is 6.43. The number of carbonyl (C=O) groups excluding carboxylic acids is 1. The van der Waals surface area contributed by atoms with Crippen LogP contribution in [0.4, 0.5) is 0 Å². The minimum Gasteiger partial charge on any atom is -0.457 e. The molecule has 0 spiro atoms. The number of benzene rings is 1. The first-order valence-electron chi connectivity index (χ1n) is 7.09. The lowest BCUT2D eigenvalue weighted by Gasteiger charge is -2.20. The minimum absolute atomic E-state index is 0.107. The Morgan fingerprint density at radius 3 is 3.24 bits per heavy atom. The molecule has 1 heterocycles. The van der Waals surface area contributed by atoms with Crippen molar-refractivity contribution in [2.45, 2.75) is 38.2 Å². The van der Waals surface area contributed by atoms with Crippen LogP contribution in [0.2, 0.25) is 0 Å². The number of ether oxygens (including phenoxy) is 1. The van der Waals surface area contributed by atoms with E-state index in [4.69, 9.17) is 9.15 Å². The molecule has 0 saturated carbocycles. The fourth-order valence-electron chi connectivity index (χ4n) is 2.45. The Morgan fingerprint density at radius 1 is 1.48 bits per heavy atom. The maximum atomic E-state index is 11.9. The molecule has 1 atom stereocenters. The van der Waals surface area contributed by atoms with Crippen LogP contribution >= 0.6 is 15.9 Å². The molecule has 2 aromatic rings. The lowest BCUT2D eigenvalue weighted by atomic mass is 10.1. The molecule has 21 heavy (non-hydrogen) atoms. The molecule has 0 saturated heterocycles. The van der Waals surface area contributed by atoms with Gasteiger partial charge in [0.05, 0.1) is 0 Å². The van der Waals surface area contributed by atoms with E-state index >= 15 is 0 Å². The second-order valence-electron chi connectivity index (χ2n) is 5.15. The highest BCUT2D eigenvalue weighted by Gasteiger charge is 2.19. The molecule has 110 valence electrons. The summed E-state index contributed by atoms with van der Waals surface area (Å²) in [7, 11) is 0. The number of aromatic nitrogens is 1. The maximum absolute atomic E-state index is 11.9. The van der Waals surface area contributed by atoms with Crippen LogP contribution in [0.5, 0.6) is 0 Å². The predicted molar refractivity (Wildman–Crippen MR) is 83.1 cm³/mol. The van der Waals surface area contributed by atoms with Crippen LogP contribution in [0, 0.1) is 0 Å². The molecular formula is C16H16BrNO3. The van der Waals surface area contributed by atoms with Gasteiger partial charge in [0.15, 0.2) is 12.0 Å². The number of rotatable bonds is 4. The molecular weight excluding hydrogens is 334 g/mol. The number of aryl methyl sites for hydroxylation is 1. The first-order valence-corrected chi connectivity index (χ1v) is 7.89. The topological polar surface area (TPSA) is 52.3 Å². The van der Waals surface area contributed by atoms with Gasteiger partial charge in [-0.1, -0.05) is 28.1 Å². The SMILES string of the molecule is O=C(CCc1ccc2ocnc2c1)O[C@@H]1CCCC=C1Br. The average molecular weight is 350 g/mol. The maximum Gasteiger partial charge on any atom is 0.306 e. The van der Waals surface area contributed by atoms with Gasteiger partial charge in [0.1, 0.15) is 11.6 Å². The molecule has 0 fully saturated rings. The van der Waals surface area contributed by atoms with Crippen molar-refractivity contribution < 1.29 is 13.9 Å². The van der Waals surface area contributed by atoms with Crippen molar-refractivity contribution in [2.24, 2.45) is 0 Å². The molecule has 4 nitrogen and oxygen atoms in total. The van der Waals surface area contributed by atoms with Gasteiger partial charge < -0.3 is 9.15 Å². The van der Waals surface area contributed by atoms with E-state index in [0.717, 1.165) is 40.4 Å². The zero-order valence-electron chi connectivity index (χ0n) is 11.5. The third-order valence-corrected chi connectivity index (χ3v) is 4.44. The lowest BCUT2D eigenvalue weighted by molar-refractivity contribution is -0.147. The van der Waals surface area contributed by atoms with Gasteiger partial charge in [-0.2, -0.15) is 0 Å². The van der Waals surface area contributed by atoms with E-state index in [0.29, 0.717) is 12.8 Å². The van der Waals surface area contributed by atoms with Crippen LogP contribution in [0.25, 0.3) is 11.1 Å². The Morgan fingerprint density at radius 2 is 2.38 bits per heavy atom. The molecule has 0 bridgehead atoms. The van der Waals surface area contributed by atoms with Crippen LogP contribution in [0.1, 0.15) is 31.2 Å². The quantitative estimate of drug-likeness (QED) is 0.778. The van der Waals surface area contributed by atoms with E-state index in [-0.39, 0.29) is 12.1 Å². The van der Waals surface area contributed by atoms with E-state index in [2.05, 4.69) is 27.0 Å². The molecule has 3 rings (SSSR count). The number of oxazole rings is 1. The van der Waals surface area contributed by atoms with Gasteiger partial charge in [-0.15, -0.1) is 0 Å². The number of allylic oxidation sites excluding steroid dienone is 1. The van der Waals surface area contributed by atoms with Gasteiger partial charge in [0.2, 0.25) is 0 Å². The monoisotopic (exact) mass is 349 g/mol. The fraction of sp³-hybridized carbons (Fsp3) is 0.375. The van der Waals surface area contributed by atoms with Crippen molar-refractivity contribution in [3.8, 4) is 0 Å². The van der Waals surface area contributed by atoms with Crippen molar-refractivity contribution >= 4 is 33.0 Å². The fourth-order valence-corrected chi connectivity index (χ4v) is 3.00. The summed E-state index contributed by atoms with van der Waals surface area (Å²) in [5.74, 6) is -0.160. The molecule has 0 radical (unpaired) electrons. The van der Waals surface area contributed by atoms with Crippen molar-refractivity contribution in [2.75, 3.05) is 0 Å². The molecule has 1 aliphatic carbocycles. The zero-order chi connectivity index (χ0) is 14.7. The normalized spacial score (nSPS) is 18.5. The van der Waals surface area contributed by atoms with Gasteiger partial charge >= 0.3 is 5.97 Å². The van der Waals surface area contributed by atoms with Gasteiger partial charge in [0.25, 0.3) is 0 Å². The molecule has 1 aliphatic rings. The van der Waals surface area contributed by atoms with Crippen LogP contribution in [0.3, 0.4) is 0 Å². The summed E-state index contributed by atoms with van der Waals surface area (Å²) in [4.78, 5) is 16.1. The van der Waals surface area contributed by atoms with Crippen molar-refractivity contribution in [3.05, 3.63) is 40.7 Å². The summed E-state index contributed by atoms with van der Waals surface area (Å²) in [6.45, 7) is 0. The number of carbonyl (C=O) groups is 1. The van der Waals surface area contributed by atoms with E-state index < -0.39 is 0 Å². The number of halogens is 1. The third kappa shape index (κ3) is 3.53. The molecule has 0 aliphatic heterocycles. The number of nitrogens with zero attached hydrogens (tertiary/aromatic N) is 1. The smallest absolute Gasteiger partial charge is 0.306 e. The van der Waals surface area contributed by atoms with E-state index in [9.17, 15) is 4.79 Å². The summed E-state index contributed by atoms with van der Waals surface area (Å²) >= 11 is 3.47. The highest BCUT2D eigenvalue weighted by molar-refractivity contribution is 9.11. The van der Waals surface area contributed by atoms with Crippen molar-refractivity contribution in [3.63, 3.8) is 0 Å². The number of hydrogen-bond acceptors (Lipinski definition) is 4. The Bertz CT molecular complexity index is 677. The number of hydrogen-bond donors (Lipinski definition) is 0. The van der Waals surface area contributed by atoms with E-state index in [1.165, 1.54) is 6.39 Å². The molecule has 5 heteroatoms. The third-order valence-electron chi connectivity index (χ3n) is 3.60. The van der Waals surface area contributed by atoms with Gasteiger partial charge in [0, 0.05) is 10.9 Å². The van der Waals surface area contributed by atoms with Crippen LogP contribution < -0.4 is 0 Å². The first-order chi connectivity index (χ1) is 10.2. The lowest BCUT2D eigenvalue weighted by Crippen LogP contribution is -2.20. The standard InChI is InChI=1S/C16H16BrNO3/c17-12-3-1-2-4-14(12)21-16(19)8-6-11-5-7-15-13(9-11)18-10-20-15/h3,5,7,9-10,14H,1-2,4,6,8H2/t14-/m1/s1. The molecule has 0 amide bonds. The highest BCUT2D eigenvalue weighted by atomic mass is 79.9. The van der Waals surface area contributed by atoms with Crippen molar-refractivity contribution in [1.29, 1.82) is 0 Å². The Kier molecular flexibility index (Phi) is 4.39. The van der Waals surface area contributed by atoms with Crippen molar-refractivity contribution in [1.82, 2.24) is 4.98 Å². The summed E-state index contributed by atoms with van der Waals surface area (Å²) in [5.41, 5.74) is 2.64. The van der Waals surface area contributed by atoms with Gasteiger partial charge in [-0.25, -0.2) is 4.98 Å². The second-order valence-corrected chi connectivity index (χ2v) is 6.07. The van der Waals surface area contributed by atoms with E-state index in [1.807, 2.05) is 18.2 Å². The largest absolute Gasteiger partial charge is 0.457 e. The highest BCUT2D eigenvalue weighted by Crippen LogP contribution is 2.26. The summed E-state index contributed by atoms with van der Waals surface area (Å²) < 4.78 is 11.7. The molecule has 0 N–H and O–H groups in total. The Balaban J connectivity index is 1.55. The molecule has 0 unspecified atom stereocenters. The minimum atomic E-state index is -0.160. The van der Waals surface area contributed by atoms with Crippen LogP contribution in [0.15, 0.2) is 39.6 Å². The Labute approximate surface area is 131 Å². The van der Waals surface area contributed by atoms with Gasteiger partial charge in [-0.05, 0) is 43.4 Å². The summed E-state index contributed by atoms with van der Waals surface area (Å²) in [6.07, 6.45) is 7.44. The summed E-state index contributed by atoms with van der Waals surface area (Å²) in [5, 5.41) is 0. The predicted octanol–water partition coefficient (Wildman–Crippen LogP) is 4.13. The van der Waals surface area contributed by atoms with Gasteiger partial charge in [-0.3, -0.25) is 4.79 Å². The summed E-state index contributed by atoms with van der Waals surface area (Å²) in [6, 6.07) is 5.78. The number of fused-ring (bicyclic) bond motifs is 1. The molecule has 1 aromatic heterocycles. The number of esters is 1. The van der Waals surface area contributed by atoms with Crippen LogP contribution in [-0.2, 0) is 16.0 Å². The first kappa shape index (κ1) is 14.3. The van der Waals surface area contributed by atoms with E-state index in [1.54, 1.807) is 0 Å². The Hall–Kier alpha value is -1.62. The zero-order valence-corrected chi connectivity index (χ0v) is 13.1. The van der Waals surface area contributed by atoms with Crippen LogP contribution in [-0.4, -0.2) is 17.1 Å². The molecule has 1 aromatic carbocycles. The average Bonchev–Trinajstić information content (AvgIpc) is 2.95.